The first kappa shape index (κ1) is 37.5. The molecule has 4 aliphatic rings. The van der Waals surface area contributed by atoms with Crippen LogP contribution in [0.5, 0.6) is 5.75 Å². The molecule has 0 atom stereocenters. The minimum Gasteiger partial charge on any atom is -0.490 e. The fourth-order valence-corrected chi connectivity index (χ4v) is 8.53. The number of benzene rings is 1. The summed E-state index contributed by atoms with van der Waals surface area (Å²) in [6.45, 7) is 3.14. The molecule has 4 amide bonds. The van der Waals surface area contributed by atoms with Crippen molar-refractivity contribution in [2.75, 3.05) is 49.1 Å². The van der Waals surface area contributed by atoms with Crippen molar-refractivity contribution in [3.05, 3.63) is 65.2 Å². The summed E-state index contributed by atoms with van der Waals surface area (Å²) >= 11 is 6.14. The molecule has 17 heteroatoms. The molecule has 4 aromatic rings. The molecule has 1 aliphatic carbocycles. The highest BCUT2D eigenvalue weighted by atomic mass is 35.5. The van der Waals surface area contributed by atoms with E-state index in [9.17, 15) is 14.4 Å². The number of nitriles is 1. The maximum atomic E-state index is 16.2. The number of carbonyl (C=O) groups is 3. The van der Waals surface area contributed by atoms with E-state index in [1.807, 2.05) is 15.7 Å². The second kappa shape index (κ2) is 16.0. The van der Waals surface area contributed by atoms with Gasteiger partial charge in [-0.1, -0.05) is 11.6 Å². The summed E-state index contributed by atoms with van der Waals surface area (Å²) < 4.78 is 24.2. The highest BCUT2D eigenvalue weighted by molar-refractivity contribution is 6.31. The number of imide groups is 1. The lowest BCUT2D eigenvalue weighted by molar-refractivity contribution is -0.120. The Morgan fingerprint density at radius 2 is 1.79 bits per heavy atom. The number of anilines is 2. The van der Waals surface area contributed by atoms with Crippen molar-refractivity contribution in [3.8, 4) is 11.8 Å². The van der Waals surface area contributed by atoms with Gasteiger partial charge in [-0.05, 0) is 62.8 Å². The number of alkyl halides is 1. The first-order chi connectivity index (χ1) is 27.1. The molecule has 6 heterocycles. The number of aromatic nitrogens is 5. The van der Waals surface area contributed by atoms with Crippen LogP contribution in [-0.4, -0.2) is 105 Å². The quantitative estimate of drug-likeness (QED) is 0.235. The van der Waals surface area contributed by atoms with Crippen molar-refractivity contribution in [2.45, 2.75) is 81.6 Å². The molecule has 0 spiro atoms. The Balaban J connectivity index is 0.777. The zero-order valence-electron chi connectivity index (χ0n) is 30.9. The third-order valence-electron chi connectivity index (χ3n) is 11.5. The maximum absolute atomic E-state index is 16.2. The summed E-state index contributed by atoms with van der Waals surface area (Å²) in [5.74, 6) is 0.695. The number of carbonyl (C=O) groups excluding carboxylic acids is 3. The second-order valence-corrected chi connectivity index (χ2v) is 15.6. The van der Waals surface area contributed by atoms with Gasteiger partial charge in [0.25, 0.3) is 5.91 Å². The Morgan fingerprint density at radius 3 is 2.48 bits per heavy atom. The number of nitrogens with one attached hydrogen (secondary N) is 2. The molecule has 1 saturated carbocycles. The zero-order valence-corrected chi connectivity index (χ0v) is 31.6. The average Bonchev–Trinajstić information content (AvgIpc) is 3.64. The molecule has 0 bridgehead atoms. The number of halogens is 2. The summed E-state index contributed by atoms with van der Waals surface area (Å²) in [7, 11) is 0. The van der Waals surface area contributed by atoms with E-state index in [0.29, 0.717) is 60.3 Å². The Hall–Kier alpha value is -5.40. The van der Waals surface area contributed by atoms with Crippen molar-refractivity contribution in [3.63, 3.8) is 0 Å². The van der Waals surface area contributed by atoms with Gasteiger partial charge in [0.2, 0.25) is 5.91 Å². The molecule has 1 aromatic carbocycles. The second-order valence-electron chi connectivity index (χ2n) is 15.2. The van der Waals surface area contributed by atoms with E-state index < -0.39 is 11.7 Å². The molecule has 0 unspecified atom stereocenters. The molecule has 8 rings (SSSR count). The predicted molar refractivity (Wildman–Crippen MR) is 205 cm³/mol. The number of urea groups is 1. The Bertz CT molecular complexity index is 2140. The van der Waals surface area contributed by atoms with Crippen LogP contribution < -0.4 is 25.2 Å². The molecular formula is C39H43ClFN11O4. The molecule has 292 valence electrons. The summed E-state index contributed by atoms with van der Waals surface area (Å²) in [5, 5.41) is 28.9. The van der Waals surface area contributed by atoms with Gasteiger partial charge in [-0.3, -0.25) is 29.5 Å². The first-order valence-electron chi connectivity index (χ1n) is 19.2. The summed E-state index contributed by atoms with van der Waals surface area (Å²) in [6.07, 6.45) is 10.8. The molecule has 4 fully saturated rings. The number of piperidine rings is 2. The Kier molecular flexibility index (Phi) is 10.7. The van der Waals surface area contributed by atoms with Crippen molar-refractivity contribution < 1.29 is 23.5 Å². The lowest BCUT2D eigenvalue weighted by Crippen LogP contribution is -2.50. The predicted octanol–water partition coefficient (Wildman–Crippen LogP) is 4.96. The number of likely N-dealkylation sites (tertiary alicyclic amines) is 1. The molecular weight excluding hydrogens is 741 g/mol. The van der Waals surface area contributed by atoms with Gasteiger partial charge in [-0.15, -0.1) is 10.2 Å². The molecule has 56 heavy (non-hydrogen) atoms. The van der Waals surface area contributed by atoms with Crippen LogP contribution in [0.1, 0.15) is 79.9 Å². The molecule has 2 N–H and O–H groups in total. The zero-order chi connectivity index (χ0) is 38.8. The molecule has 0 radical (unpaired) electrons. The minimum atomic E-state index is -1.32. The fraction of sp³-hybridized carbons (Fsp3) is 0.487. The van der Waals surface area contributed by atoms with Crippen LogP contribution in [0.15, 0.2) is 48.9 Å². The maximum Gasteiger partial charge on any atom is 0.328 e. The number of ether oxygens (including phenoxy) is 1. The SMILES string of the molecule is N#Cc1ccc(OC2CCC(NC(=O)c3ccc(N4CCC(F)(CN5CCC(n6ncc7c(N8CCC(=O)NC8=O)cncc76)CC5)CC4)nn3)CC2)cc1Cl. The summed E-state index contributed by atoms with van der Waals surface area (Å²) in [4.78, 5) is 47.3. The first-order valence-corrected chi connectivity index (χ1v) is 19.6. The van der Waals surface area contributed by atoms with Gasteiger partial charge >= 0.3 is 6.03 Å². The van der Waals surface area contributed by atoms with Crippen LogP contribution in [0.4, 0.5) is 20.7 Å². The topological polar surface area (TPSA) is 174 Å². The van der Waals surface area contributed by atoms with E-state index in [4.69, 9.17) is 21.6 Å². The standard InChI is InChI=1S/C39H43ClFN11O4/c40-31-19-29(4-1-25(31)20-42)56-28-5-2-26(3-6-28)45-37(54)32-7-8-35(48-47-32)50-17-12-39(41,13-18-50)24-49-14-9-27(10-15-49)52-34-23-43-22-33(30(34)21-44-52)51-16-11-36(53)46-38(51)55/h1,4,7-8,19,21-23,26-28H,2-3,5-6,9-18,24H2,(H,45,54)(H,46,53,55). The van der Waals surface area contributed by atoms with Crippen LogP contribution in [0.25, 0.3) is 10.9 Å². The Labute approximate surface area is 328 Å². The van der Waals surface area contributed by atoms with Gasteiger partial charge < -0.3 is 19.9 Å². The fourth-order valence-electron chi connectivity index (χ4n) is 8.31. The molecule has 3 aromatic heterocycles. The van der Waals surface area contributed by atoms with Gasteiger partial charge in [0.05, 0.1) is 52.5 Å². The highest BCUT2D eigenvalue weighted by Crippen LogP contribution is 2.34. The van der Waals surface area contributed by atoms with Gasteiger partial charge in [0.1, 0.15) is 17.5 Å². The van der Waals surface area contributed by atoms with Crippen LogP contribution in [-0.2, 0) is 4.79 Å². The number of nitrogens with zero attached hydrogens (tertiary/aromatic N) is 9. The van der Waals surface area contributed by atoms with Crippen LogP contribution in [0.3, 0.4) is 0 Å². The third-order valence-corrected chi connectivity index (χ3v) is 11.8. The average molecular weight is 784 g/mol. The molecule has 3 saturated heterocycles. The summed E-state index contributed by atoms with van der Waals surface area (Å²) in [5.41, 5.74) is 0.786. The van der Waals surface area contributed by atoms with Crippen molar-refractivity contribution in [2.24, 2.45) is 0 Å². The lowest BCUT2D eigenvalue weighted by atomic mass is 9.91. The van der Waals surface area contributed by atoms with Crippen molar-refractivity contribution in [1.82, 2.24) is 40.5 Å². The van der Waals surface area contributed by atoms with Crippen molar-refractivity contribution in [1.29, 1.82) is 5.26 Å². The number of amides is 4. The van der Waals surface area contributed by atoms with Gasteiger partial charge in [-0.2, -0.15) is 10.4 Å². The number of hydrogen-bond acceptors (Lipinski definition) is 11. The Morgan fingerprint density at radius 1 is 1.00 bits per heavy atom. The van der Waals surface area contributed by atoms with Crippen LogP contribution in [0.2, 0.25) is 5.02 Å². The van der Waals surface area contributed by atoms with E-state index >= 15 is 4.39 Å². The third kappa shape index (κ3) is 8.10. The van der Waals surface area contributed by atoms with E-state index in [1.165, 1.54) is 4.90 Å². The van der Waals surface area contributed by atoms with E-state index in [0.717, 1.165) is 62.5 Å². The number of pyridine rings is 1. The van der Waals surface area contributed by atoms with E-state index in [2.05, 4.69) is 35.8 Å². The van der Waals surface area contributed by atoms with Crippen LogP contribution >= 0.6 is 11.6 Å². The van der Waals surface area contributed by atoms with Gasteiger partial charge in [-0.25, -0.2) is 9.18 Å². The molecule has 15 nitrogen and oxygen atoms in total. The minimum absolute atomic E-state index is 0.000116. The smallest absolute Gasteiger partial charge is 0.328 e. The number of hydrogen-bond donors (Lipinski definition) is 2. The number of rotatable bonds is 9. The van der Waals surface area contributed by atoms with E-state index in [1.54, 1.807) is 48.9 Å². The van der Waals surface area contributed by atoms with Crippen molar-refractivity contribution >= 4 is 51.9 Å². The van der Waals surface area contributed by atoms with E-state index in [-0.39, 0.29) is 48.7 Å². The number of fused-ring (bicyclic) bond motifs is 1. The summed E-state index contributed by atoms with van der Waals surface area (Å²) in [6, 6.07) is 10.2. The normalized spacial score (nSPS) is 22.1. The molecule has 3 aliphatic heterocycles. The highest BCUT2D eigenvalue weighted by Gasteiger charge is 2.38. The van der Waals surface area contributed by atoms with Gasteiger partial charge in [0.15, 0.2) is 11.5 Å². The monoisotopic (exact) mass is 783 g/mol. The van der Waals surface area contributed by atoms with Gasteiger partial charge in [0, 0.05) is 76.0 Å². The largest absolute Gasteiger partial charge is 0.490 e. The van der Waals surface area contributed by atoms with Crippen LogP contribution in [0, 0.1) is 11.3 Å². The lowest BCUT2D eigenvalue weighted by Gasteiger charge is -2.41.